The number of amides is 1. The standard InChI is InChI=1S/C21H18N2O6S/c1-2-28-21(25)20-17(22-19(24)13-29-16-9-4-3-5-10-16)12-18(30-20)14-7-6-8-15(11-14)23(26)27/h3-12H,2,13H2,1H3,(H,22,24). The van der Waals surface area contributed by atoms with E-state index < -0.39 is 16.8 Å². The van der Waals surface area contributed by atoms with Crippen LogP contribution in [0.15, 0.2) is 60.7 Å². The van der Waals surface area contributed by atoms with Crippen LogP contribution in [0.3, 0.4) is 0 Å². The second-order valence-corrected chi connectivity index (χ2v) is 7.08. The average molecular weight is 426 g/mol. The topological polar surface area (TPSA) is 108 Å². The summed E-state index contributed by atoms with van der Waals surface area (Å²) >= 11 is 1.08. The predicted molar refractivity (Wildman–Crippen MR) is 113 cm³/mol. The van der Waals surface area contributed by atoms with Gasteiger partial charge >= 0.3 is 5.97 Å². The summed E-state index contributed by atoms with van der Waals surface area (Å²) in [5, 5.41) is 13.7. The van der Waals surface area contributed by atoms with E-state index in [2.05, 4.69) is 5.32 Å². The zero-order chi connectivity index (χ0) is 21.5. The highest BCUT2D eigenvalue weighted by molar-refractivity contribution is 7.18. The van der Waals surface area contributed by atoms with Gasteiger partial charge in [-0.1, -0.05) is 30.3 Å². The van der Waals surface area contributed by atoms with Gasteiger partial charge in [0.05, 0.1) is 17.2 Å². The molecule has 8 nitrogen and oxygen atoms in total. The molecule has 0 saturated carbocycles. The molecule has 1 amide bonds. The summed E-state index contributed by atoms with van der Waals surface area (Å²) in [6.45, 7) is 1.61. The van der Waals surface area contributed by atoms with Gasteiger partial charge in [-0.15, -0.1) is 11.3 Å². The van der Waals surface area contributed by atoms with Crippen LogP contribution in [0.4, 0.5) is 11.4 Å². The molecule has 0 atom stereocenters. The molecular formula is C21H18N2O6S. The largest absolute Gasteiger partial charge is 0.484 e. The molecule has 1 heterocycles. The number of hydrogen-bond acceptors (Lipinski definition) is 7. The zero-order valence-corrected chi connectivity index (χ0v) is 16.8. The molecule has 0 fully saturated rings. The van der Waals surface area contributed by atoms with E-state index in [0.717, 1.165) is 11.3 Å². The van der Waals surface area contributed by atoms with Crippen molar-refractivity contribution in [3.05, 3.63) is 75.7 Å². The highest BCUT2D eigenvalue weighted by atomic mass is 32.1. The minimum Gasteiger partial charge on any atom is -0.484 e. The third-order valence-electron chi connectivity index (χ3n) is 3.92. The van der Waals surface area contributed by atoms with Gasteiger partial charge in [0.2, 0.25) is 0 Å². The van der Waals surface area contributed by atoms with Crippen molar-refractivity contribution in [2.75, 3.05) is 18.5 Å². The molecule has 1 N–H and O–H groups in total. The summed E-state index contributed by atoms with van der Waals surface area (Å²) in [5.41, 5.74) is 0.753. The maximum atomic E-state index is 12.3. The van der Waals surface area contributed by atoms with Crippen LogP contribution in [0.5, 0.6) is 5.75 Å². The summed E-state index contributed by atoms with van der Waals surface area (Å²) in [7, 11) is 0. The van der Waals surface area contributed by atoms with Crippen LogP contribution in [0.1, 0.15) is 16.6 Å². The first-order valence-electron chi connectivity index (χ1n) is 9.01. The molecule has 0 unspecified atom stereocenters. The predicted octanol–water partition coefficient (Wildman–Crippen LogP) is 4.52. The Kier molecular flexibility index (Phi) is 6.76. The Labute approximate surface area is 176 Å². The highest BCUT2D eigenvalue weighted by Crippen LogP contribution is 2.36. The number of carbonyl (C=O) groups is 2. The van der Waals surface area contributed by atoms with Crippen molar-refractivity contribution in [2.45, 2.75) is 6.92 Å². The van der Waals surface area contributed by atoms with Gasteiger partial charge in [-0.25, -0.2) is 4.79 Å². The van der Waals surface area contributed by atoms with Crippen molar-refractivity contribution in [3.8, 4) is 16.2 Å². The SMILES string of the molecule is CCOC(=O)c1sc(-c2cccc([N+](=O)[O-])c2)cc1NC(=O)COc1ccccc1. The highest BCUT2D eigenvalue weighted by Gasteiger charge is 2.21. The number of nitro benzene ring substituents is 1. The van der Waals surface area contributed by atoms with Gasteiger partial charge in [0, 0.05) is 17.0 Å². The fraction of sp³-hybridized carbons (Fsp3) is 0.143. The number of nitro groups is 1. The second kappa shape index (κ2) is 9.66. The van der Waals surface area contributed by atoms with Gasteiger partial charge in [-0.2, -0.15) is 0 Å². The van der Waals surface area contributed by atoms with E-state index in [-0.39, 0.29) is 29.5 Å². The molecule has 0 spiro atoms. The van der Waals surface area contributed by atoms with Crippen molar-refractivity contribution in [1.82, 2.24) is 0 Å². The first-order chi connectivity index (χ1) is 14.5. The van der Waals surface area contributed by atoms with E-state index in [1.54, 1.807) is 49.4 Å². The minimum atomic E-state index is -0.585. The molecule has 1 aromatic heterocycles. The number of carbonyl (C=O) groups excluding carboxylic acids is 2. The number of rotatable bonds is 8. The monoisotopic (exact) mass is 426 g/mol. The Bertz CT molecular complexity index is 1060. The summed E-state index contributed by atoms with van der Waals surface area (Å²) in [6, 6.07) is 16.5. The molecule has 0 aliphatic rings. The van der Waals surface area contributed by atoms with Crippen molar-refractivity contribution in [3.63, 3.8) is 0 Å². The van der Waals surface area contributed by atoms with Gasteiger partial charge in [0.25, 0.3) is 11.6 Å². The Morgan fingerprint density at radius 3 is 2.57 bits per heavy atom. The first-order valence-corrected chi connectivity index (χ1v) is 9.83. The molecule has 0 aliphatic carbocycles. The number of ether oxygens (including phenoxy) is 2. The van der Waals surface area contributed by atoms with Crippen LogP contribution < -0.4 is 10.1 Å². The normalized spacial score (nSPS) is 10.3. The number of thiophene rings is 1. The molecule has 154 valence electrons. The lowest BCUT2D eigenvalue weighted by molar-refractivity contribution is -0.384. The Morgan fingerprint density at radius 1 is 1.10 bits per heavy atom. The lowest BCUT2D eigenvalue weighted by Gasteiger charge is -2.08. The lowest BCUT2D eigenvalue weighted by atomic mass is 10.1. The van der Waals surface area contributed by atoms with E-state index >= 15 is 0 Å². The molecule has 9 heteroatoms. The van der Waals surface area contributed by atoms with Gasteiger partial charge in [0.15, 0.2) is 6.61 Å². The fourth-order valence-electron chi connectivity index (χ4n) is 2.60. The van der Waals surface area contributed by atoms with Crippen molar-refractivity contribution < 1.29 is 24.0 Å². The molecule has 0 saturated heterocycles. The van der Waals surface area contributed by atoms with Crippen LogP contribution in [0, 0.1) is 10.1 Å². The molecular weight excluding hydrogens is 408 g/mol. The fourth-order valence-corrected chi connectivity index (χ4v) is 3.60. The number of hydrogen-bond donors (Lipinski definition) is 1. The van der Waals surface area contributed by atoms with Crippen LogP contribution in [-0.2, 0) is 9.53 Å². The zero-order valence-electron chi connectivity index (χ0n) is 16.0. The number of para-hydroxylation sites is 1. The summed E-state index contributed by atoms with van der Waals surface area (Å²) < 4.78 is 10.5. The van der Waals surface area contributed by atoms with E-state index in [1.807, 2.05) is 6.07 Å². The average Bonchev–Trinajstić information content (AvgIpc) is 3.17. The van der Waals surface area contributed by atoms with Crippen LogP contribution in [0.25, 0.3) is 10.4 Å². The smallest absolute Gasteiger partial charge is 0.350 e. The minimum absolute atomic E-state index is 0.0690. The van der Waals surface area contributed by atoms with E-state index in [4.69, 9.17) is 9.47 Å². The van der Waals surface area contributed by atoms with Crippen molar-refractivity contribution >= 4 is 34.6 Å². The molecule has 30 heavy (non-hydrogen) atoms. The molecule has 3 rings (SSSR count). The van der Waals surface area contributed by atoms with E-state index in [0.29, 0.717) is 16.2 Å². The third-order valence-corrected chi connectivity index (χ3v) is 5.09. The second-order valence-electron chi connectivity index (χ2n) is 6.03. The molecule has 0 aliphatic heterocycles. The molecule has 0 bridgehead atoms. The summed E-state index contributed by atoms with van der Waals surface area (Å²) in [4.78, 5) is 36.0. The number of esters is 1. The van der Waals surface area contributed by atoms with Gasteiger partial charge in [-0.3, -0.25) is 14.9 Å². The Morgan fingerprint density at radius 2 is 1.87 bits per heavy atom. The van der Waals surface area contributed by atoms with Crippen molar-refractivity contribution in [2.24, 2.45) is 0 Å². The maximum absolute atomic E-state index is 12.3. The summed E-state index contributed by atoms with van der Waals surface area (Å²) in [6.07, 6.45) is 0. The van der Waals surface area contributed by atoms with E-state index in [9.17, 15) is 19.7 Å². The van der Waals surface area contributed by atoms with E-state index in [1.165, 1.54) is 12.1 Å². The Hall–Kier alpha value is -3.72. The molecule has 2 aromatic carbocycles. The Balaban J connectivity index is 1.83. The third kappa shape index (κ3) is 5.21. The summed E-state index contributed by atoms with van der Waals surface area (Å²) in [5.74, 6) is -0.493. The number of nitrogens with one attached hydrogen (secondary N) is 1. The lowest BCUT2D eigenvalue weighted by Crippen LogP contribution is -2.21. The number of anilines is 1. The number of non-ortho nitro benzene ring substituents is 1. The molecule has 3 aromatic rings. The van der Waals surface area contributed by atoms with Crippen LogP contribution in [0.2, 0.25) is 0 Å². The first kappa shape index (κ1) is 21.0. The quantitative estimate of drug-likeness (QED) is 0.322. The van der Waals surface area contributed by atoms with Crippen molar-refractivity contribution in [1.29, 1.82) is 0 Å². The van der Waals surface area contributed by atoms with Gasteiger partial charge in [-0.05, 0) is 30.7 Å². The van der Waals surface area contributed by atoms with Crippen LogP contribution >= 0.6 is 11.3 Å². The maximum Gasteiger partial charge on any atom is 0.350 e. The van der Waals surface area contributed by atoms with Gasteiger partial charge in [0.1, 0.15) is 10.6 Å². The van der Waals surface area contributed by atoms with Gasteiger partial charge < -0.3 is 14.8 Å². The number of nitrogens with zero attached hydrogens (tertiary/aromatic N) is 1. The van der Waals surface area contributed by atoms with Crippen LogP contribution in [-0.4, -0.2) is 30.0 Å². The molecule has 0 radical (unpaired) electrons. The number of benzene rings is 2.